The average molecular weight is 266 g/mol. The molecule has 0 saturated heterocycles. The van der Waals surface area contributed by atoms with Crippen molar-refractivity contribution in [2.75, 3.05) is 20.8 Å². The number of primary amides is 1. The molecule has 0 bridgehead atoms. The third-order valence-electron chi connectivity index (χ3n) is 2.75. The van der Waals surface area contributed by atoms with Crippen LogP contribution in [0.3, 0.4) is 0 Å². The first-order valence-corrected chi connectivity index (χ1v) is 5.78. The Morgan fingerprint density at radius 1 is 1.21 bits per heavy atom. The van der Waals surface area contributed by atoms with Crippen LogP contribution in [0.5, 0.6) is 11.5 Å². The Labute approximate surface area is 111 Å². The van der Waals surface area contributed by atoms with E-state index in [1.165, 1.54) is 0 Å². The van der Waals surface area contributed by atoms with Gasteiger partial charge in [-0.15, -0.1) is 0 Å². The quantitative estimate of drug-likeness (QED) is 0.743. The van der Waals surface area contributed by atoms with Crippen molar-refractivity contribution in [1.82, 2.24) is 5.32 Å². The molecule has 0 saturated carbocycles. The van der Waals surface area contributed by atoms with E-state index in [0.717, 1.165) is 11.1 Å². The lowest BCUT2D eigenvalue weighted by molar-refractivity contribution is -0.137. The van der Waals surface area contributed by atoms with Crippen molar-refractivity contribution in [3.63, 3.8) is 0 Å². The summed E-state index contributed by atoms with van der Waals surface area (Å²) in [6, 6.07) is 3.72. The van der Waals surface area contributed by atoms with Gasteiger partial charge in [0.05, 0.1) is 14.2 Å². The number of ether oxygens (including phenoxy) is 2. The minimum absolute atomic E-state index is 0.331. The Morgan fingerprint density at radius 3 is 2.32 bits per heavy atom. The van der Waals surface area contributed by atoms with E-state index in [1.54, 1.807) is 14.2 Å². The highest BCUT2D eigenvalue weighted by molar-refractivity contribution is 6.34. The molecule has 104 valence electrons. The summed E-state index contributed by atoms with van der Waals surface area (Å²) >= 11 is 0. The van der Waals surface area contributed by atoms with Gasteiger partial charge in [-0.2, -0.15) is 0 Å². The molecule has 2 amide bonds. The number of rotatable bonds is 5. The maximum Gasteiger partial charge on any atom is 0.309 e. The van der Waals surface area contributed by atoms with Crippen molar-refractivity contribution in [3.05, 3.63) is 23.3 Å². The van der Waals surface area contributed by atoms with Gasteiger partial charge in [-0.25, -0.2) is 0 Å². The molecule has 0 aliphatic heterocycles. The summed E-state index contributed by atoms with van der Waals surface area (Å²) in [4.78, 5) is 21.6. The number of aryl methyl sites for hydroxylation is 1. The van der Waals surface area contributed by atoms with Crippen LogP contribution >= 0.6 is 0 Å². The van der Waals surface area contributed by atoms with Gasteiger partial charge >= 0.3 is 11.8 Å². The molecule has 6 heteroatoms. The first kappa shape index (κ1) is 14.8. The van der Waals surface area contributed by atoms with Crippen LogP contribution in [-0.4, -0.2) is 32.6 Å². The van der Waals surface area contributed by atoms with Crippen molar-refractivity contribution in [2.24, 2.45) is 5.73 Å². The molecule has 19 heavy (non-hydrogen) atoms. The summed E-state index contributed by atoms with van der Waals surface area (Å²) in [5.74, 6) is -0.476. The van der Waals surface area contributed by atoms with Gasteiger partial charge in [-0.1, -0.05) is 0 Å². The lowest BCUT2D eigenvalue weighted by Crippen LogP contribution is -2.37. The third-order valence-corrected chi connectivity index (χ3v) is 2.75. The van der Waals surface area contributed by atoms with E-state index in [4.69, 9.17) is 15.2 Å². The van der Waals surface area contributed by atoms with Crippen molar-refractivity contribution >= 4 is 11.8 Å². The standard InChI is InChI=1S/C13H18N2O4/c1-8-6-10(18-2)11(19-3)7-9(8)4-5-15-13(17)12(14)16/h6-7H,4-5H2,1-3H3,(H2,14,16)(H,15,17). The average Bonchev–Trinajstić information content (AvgIpc) is 2.39. The summed E-state index contributed by atoms with van der Waals surface area (Å²) in [6.45, 7) is 2.27. The Bertz CT molecular complexity index is 486. The molecule has 0 aromatic heterocycles. The van der Waals surface area contributed by atoms with Gasteiger partial charge in [0.2, 0.25) is 0 Å². The highest BCUT2D eigenvalue weighted by Crippen LogP contribution is 2.30. The van der Waals surface area contributed by atoms with Crippen LogP contribution in [0, 0.1) is 6.92 Å². The van der Waals surface area contributed by atoms with E-state index in [0.29, 0.717) is 24.5 Å². The molecule has 0 aliphatic rings. The van der Waals surface area contributed by atoms with Gasteiger partial charge in [0.25, 0.3) is 0 Å². The first-order chi connectivity index (χ1) is 8.99. The van der Waals surface area contributed by atoms with E-state index >= 15 is 0 Å². The van der Waals surface area contributed by atoms with E-state index in [2.05, 4.69) is 5.32 Å². The second-order valence-electron chi connectivity index (χ2n) is 4.00. The molecule has 0 aliphatic carbocycles. The second kappa shape index (κ2) is 6.63. The molecule has 1 rings (SSSR count). The molecule has 1 aromatic rings. The Kier molecular flexibility index (Phi) is 5.17. The number of carbonyl (C=O) groups excluding carboxylic acids is 2. The van der Waals surface area contributed by atoms with Crippen molar-refractivity contribution in [3.8, 4) is 11.5 Å². The van der Waals surface area contributed by atoms with Gasteiger partial charge < -0.3 is 20.5 Å². The van der Waals surface area contributed by atoms with Crippen LogP contribution < -0.4 is 20.5 Å². The van der Waals surface area contributed by atoms with Crippen LogP contribution in [0.15, 0.2) is 12.1 Å². The number of carbonyl (C=O) groups is 2. The fourth-order valence-corrected chi connectivity index (χ4v) is 1.69. The van der Waals surface area contributed by atoms with Gasteiger partial charge in [0.1, 0.15) is 0 Å². The normalized spacial score (nSPS) is 9.84. The molecule has 0 unspecified atom stereocenters. The zero-order chi connectivity index (χ0) is 14.4. The number of amides is 2. The van der Waals surface area contributed by atoms with Crippen LogP contribution in [0.25, 0.3) is 0 Å². The maximum atomic E-state index is 11.0. The van der Waals surface area contributed by atoms with Crippen molar-refractivity contribution in [2.45, 2.75) is 13.3 Å². The highest BCUT2D eigenvalue weighted by atomic mass is 16.5. The number of hydrogen-bond acceptors (Lipinski definition) is 4. The topological polar surface area (TPSA) is 90.6 Å². The fraction of sp³-hybridized carbons (Fsp3) is 0.385. The fourth-order valence-electron chi connectivity index (χ4n) is 1.69. The summed E-state index contributed by atoms with van der Waals surface area (Å²) in [5.41, 5.74) is 6.86. The molecular weight excluding hydrogens is 248 g/mol. The number of hydrogen-bond donors (Lipinski definition) is 2. The van der Waals surface area contributed by atoms with Crippen molar-refractivity contribution in [1.29, 1.82) is 0 Å². The van der Waals surface area contributed by atoms with E-state index in [1.807, 2.05) is 19.1 Å². The number of benzene rings is 1. The SMILES string of the molecule is COc1cc(C)c(CCNC(=O)C(N)=O)cc1OC. The van der Waals surface area contributed by atoms with Crippen LogP contribution in [-0.2, 0) is 16.0 Å². The summed E-state index contributed by atoms with van der Waals surface area (Å²) in [5, 5.41) is 2.44. The minimum Gasteiger partial charge on any atom is -0.493 e. The maximum absolute atomic E-state index is 11.0. The molecule has 0 spiro atoms. The van der Waals surface area contributed by atoms with Crippen LogP contribution in [0.4, 0.5) is 0 Å². The van der Waals surface area contributed by atoms with Crippen LogP contribution in [0.1, 0.15) is 11.1 Å². The Morgan fingerprint density at radius 2 is 1.79 bits per heavy atom. The minimum atomic E-state index is -0.982. The number of nitrogens with two attached hydrogens (primary N) is 1. The van der Waals surface area contributed by atoms with Gasteiger partial charge in [0, 0.05) is 6.54 Å². The summed E-state index contributed by atoms with van der Waals surface area (Å²) in [7, 11) is 3.13. The Balaban J connectivity index is 2.73. The predicted octanol–water partition coefficient (Wildman–Crippen LogP) is 0.156. The summed E-state index contributed by atoms with van der Waals surface area (Å²) in [6.07, 6.45) is 0.575. The lowest BCUT2D eigenvalue weighted by Gasteiger charge is -2.12. The number of methoxy groups -OCH3 is 2. The molecular formula is C13H18N2O4. The van der Waals surface area contributed by atoms with E-state index in [9.17, 15) is 9.59 Å². The largest absolute Gasteiger partial charge is 0.493 e. The molecule has 0 radical (unpaired) electrons. The van der Waals surface area contributed by atoms with E-state index in [-0.39, 0.29) is 0 Å². The first-order valence-electron chi connectivity index (χ1n) is 5.78. The zero-order valence-corrected chi connectivity index (χ0v) is 11.3. The van der Waals surface area contributed by atoms with Gasteiger partial charge in [-0.05, 0) is 36.6 Å². The Hall–Kier alpha value is -2.24. The van der Waals surface area contributed by atoms with Gasteiger partial charge in [-0.3, -0.25) is 9.59 Å². The second-order valence-corrected chi connectivity index (χ2v) is 4.00. The van der Waals surface area contributed by atoms with Crippen LogP contribution in [0.2, 0.25) is 0 Å². The molecule has 0 atom stereocenters. The molecule has 3 N–H and O–H groups in total. The number of nitrogens with one attached hydrogen (secondary N) is 1. The predicted molar refractivity (Wildman–Crippen MR) is 70.2 cm³/mol. The molecule has 6 nitrogen and oxygen atoms in total. The molecule has 0 heterocycles. The third kappa shape index (κ3) is 3.87. The van der Waals surface area contributed by atoms with Crippen molar-refractivity contribution < 1.29 is 19.1 Å². The monoisotopic (exact) mass is 266 g/mol. The highest BCUT2D eigenvalue weighted by Gasteiger charge is 2.10. The lowest BCUT2D eigenvalue weighted by atomic mass is 10.0. The van der Waals surface area contributed by atoms with Gasteiger partial charge in [0.15, 0.2) is 11.5 Å². The molecule has 0 fully saturated rings. The summed E-state index contributed by atoms with van der Waals surface area (Å²) < 4.78 is 10.4. The van der Waals surface area contributed by atoms with E-state index < -0.39 is 11.8 Å². The molecule has 1 aromatic carbocycles. The zero-order valence-electron chi connectivity index (χ0n) is 11.3. The smallest absolute Gasteiger partial charge is 0.309 e.